The maximum absolute atomic E-state index is 4.75. The topological polar surface area (TPSA) is 55.6 Å². The molecule has 3 heterocycles. The molecule has 6 heteroatoms. The van der Waals surface area contributed by atoms with Crippen molar-refractivity contribution in [1.29, 1.82) is 0 Å². The fraction of sp³-hybridized carbons (Fsp3) is 0.133. The van der Waals surface area contributed by atoms with Gasteiger partial charge in [-0.05, 0) is 34.5 Å². The van der Waals surface area contributed by atoms with Crippen molar-refractivity contribution < 1.29 is 0 Å². The van der Waals surface area contributed by atoms with Crippen molar-refractivity contribution in [1.82, 2.24) is 19.7 Å². The molecule has 0 atom stereocenters. The van der Waals surface area contributed by atoms with Crippen molar-refractivity contribution in [2.24, 2.45) is 0 Å². The lowest BCUT2D eigenvalue weighted by molar-refractivity contribution is 0.875. The molecule has 5 nitrogen and oxygen atoms in total. The predicted molar refractivity (Wildman–Crippen MR) is 84.5 cm³/mol. The highest BCUT2D eigenvalue weighted by molar-refractivity contribution is 9.10. The van der Waals surface area contributed by atoms with Crippen molar-refractivity contribution in [2.45, 2.75) is 6.42 Å². The Kier molecular flexibility index (Phi) is 2.96. The molecule has 1 aliphatic heterocycles. The summed E-state index contributed by atoms with van der Waals surface area (Å²) in [7, 11) is 0. The Hall–Kier alpha value is -2.21. The van der Waals surface area contributed by atoms with Gasteiger partial charge in [-0.15, -0.1) is 0 Å². The standard InChI is InChI=1S/C15H12BrN5/c16-11-3-1-2-4-13(11)21-15-10(5-6-19-15)14(20-21)12-9-17-7-8-18-12/h1-4,7-9,19H,5-6H2. The molecule has 0 amide bonds. The Balaban J connectivity index is 1.93. The van der Waals surface area contributed by atoms with E-state index in [-0.39, 0.29) is 0 Å². The number of hydrogen-bond donors (Lipinski definition) is 1. The number of anilines is 1. The Morgan fingerprint density at radius 1 is 1.19 bits per heavy atom. The lowest BCUT2D eigenvalue weighted by atomic mass is 10.1. The number of fused-ring (bicyclic) bond motifs is 1. The second-order valence-corrected chi connectivity index (χ2v) is 5.66. The summed E-state index contributed by atoms with van der Waals surface area (Å²) < 4.78 is 2.95. The van der Waals surface area contributed by atoms with Gasteiger partial charge in [0.05, 0.1) is 11.9 Å². The van der Waals surface area contributed by atoms with Crippen LogP contribution in [-0.2, 0) is 6.42 Å². The normalized spacial score (nSPS) is 13.0. The first-order chi connectivity index (χ1) is 10.3. The minimum atomic E-state index is 0.809. The summed E-state index contributed by atoms with van der Waals surface area (Å²) in [5.74, 6) is 1.04. The van der Waals surface area contributed by atoms with E-state index in [0.717, 1.165) is 40.3 Å². The van der Waals surface area contributed by atoms with Gasteiger partial charge in [-0.1, -0.05) is 12.1 Å². The molecule has 0 fully saturated rings. The van der Waals surface area contributed by atoms with E-state index in [1.165, 1.54) is 5.56 Å². The SMILES string of the molecule is Brc1ccccc1-n1nc(-c2cnccn2)c2c1NCC2. The van der Waals surface area contributed by atoms with Crippen molar-refractivity contribution in [3.8, 4) is 17.1 Å². The van der Waals surface area contributed by atoms with Gasteiger partial charge in [-0.2, -0.15) is 5.10 Å². The molecule has 0 bridgehead atoms. The fourth-order valence-corrected chi connectivity index (χ4v) is 3.05. The lowest BCUT2D eigenvalue weighted by Gasteiger charge is -2.08. The van der Waals surface area contributed by atoms with Crippen LogP contribution < -0.4 is 5.32 Å². The quantitative estimate of drug-likeness (QED) is 0.778. The molecular weight excluding hydrogens is 330 g/mol. The third-order valence-corrected chi connectivity index (χ3v) is 4.21. The number of aromatic nitrogens is 4. The van der Waals surface area contributed by atoms with Gasteiger partial charge < -0.3 is 5.32 Å². The smallest absolute Gasteiger partial charge is 0.133 e. The van der Waals surface area contributed by atoms with Gasteiger partial charge in [-0.3, -0.25) is 9.97 Å². The minimum absolute atomic E-state index is 0.809. The molecule has 0 unspecified atom stereocenters. The summed E-state index contributed by atoms with van der Waals surface area (Å²) in [6.45, 7) is 0.922. The molecule has 1 aliphatic rings. The highest BCUT2D eigenvalue weighted by Gasteiger charge is 2.25. The van der Waals surface area contributed by atoms with Crippen LogP contribution in [0.25, 0.3) is 17.1 Å². The van der Waals surface area contributed by atoms with Crippen molar-refractivity contribution >= 4 is 21.7 Å². The summed E-state index contributed by atoms with van der Waals surface area (Å²) in [6.07, 6.45) is 6.07. The lowest BCUT2D eigenvalue weighted by Crippen LogP contribution is -2.05. The second kappa shape index (κ2) is 4.96. The van der Waals surface area contributed by atoms with Gasteiger partial charge >= 0.3 is 0 Å². The number of nitrogens with zero attached hydrogens (tertiary/aromatic N) is 4. The summed E-state index contributed by atoms with van der Waals surface area (Å²) in [4.78, 5) is 8.52. The van der Waals surface area contributed by atoms with Crippen LogP contribution in [0.15, 0.2) is 47.3 Å². The van der Waals surface area contributed by atoms with E-state index in [1.807, 2.05) is 28.9 Å². The van der Waals surface area contributed by atoms with Gasteiger partial charge in [0.25, 0.3) is 0 Å². The second-order valence-electron chi connectivity index (χ2n) is 4.81. The Morgan fingerprint density at radius 2 is 2.10 bits per heavy atom. The molecule has 104 valence electrons. The molecule has 21 heavy (non-hydrogen) atoms. The predicted octanol–water partition coefficient (Wildman–Crippen LogP) is 3.06. The first-order valence-electron chi connectivity index (χ1n) is 6.71. The minimum Gasteiger partial charge on any atom is -0.369 e. The molecule has 0 radical (unpaired) electrons. The van der Waals surface area contributed by atoms with Crippen molar-refractivity contribution in [3.05, 3.63) is 52.9 Å². The third-order valence-electron chi connectivity index (χ3n) is 3.54. The van der Waals surface area contributed by atoms with Gasteiger partial charge in [0.2, 0.25) is 0 Å². The van der Waals surface area contributed by atoms with Gasteiger partial charge in [0.15, 0.2) is 0 Å². The zero-order valence-electron chi connectivity index (χ0n) is 11.1. The first kappa shape index (κ1) is 12.5. The molecule has 0 saturated heterocycles. The number of nitrogens with one attached hydrogen (secondary N) is 1. The molecule has 1 aromatic carbocycles. The van der Waals surface area contributed by atoms with Crippen LogP contribution in [-0.4, -0.2) is 26.3 Å². The van der Waals surface area contributed by atoms with Gasteiger partial charge in [0.1, 0.15) is 17.2 Å². The molecule has 0 saturated carbocycles. The van der Waals surface area contributed by atoms with Crippen LogP contribution in [0.1, 0.15) is 5.56 Å². The molecule has 0 spiro atoms. The maximum atomic E-state index is 4.75. The van der Waals surface area contributed by atoms with E-state index in [1.54, 1.807) is 18.6 Å². The third kappa shape index (κ3) is 2.03. The van der Waals surface area contributed by atoms with Crippen molar-refractivity contribution in [2.75, 3.05) is 11.9 Å². The average Bonchev–Trinajstić information content (AvgIpc) is 3.11. The van der Waals surface area contributed by atoms with Crippen LogP contribution in [0, 0.1) is 0 Å². The molecule has 4 rings (SSSR count). The largest absolute Gasteiger partial charge is 0.369 e. The van der Waals surface area contributed by atoms with Crippen molar-refractivity contribution in [3.63, 3.8) is 0 Å². The monoisotopic (exact) mass is 341 g/mol. The molecule has 3 aromatic rings. The van der Waals surface area contributed by atoms with E-state index in [9.17, 15) is 0 Å². The number of hydrogen-bond acceptors (Lipinski definition) is 4. The van der Waals surface area contributed by atoms with E-state index in [4.69, 9.17) is 5.10 Å². The fourth-order valence-electron chi connectivity index (χ4n) is 2.60. The molecular formula is C15H12BrN5. The summed E-state index contributed by atoms with van der Waals surface area (Å²) in [5, 5.41) is 8.17. The summed E-state index contributed by atoms with van der Waals surface area (Å²) in [5.41, 5.74) is 3.92. The Labute approximate surface area is 130 Å². The van der Waals surface area contributed by atoms with Crippen LogP contribution in [0.5, 0.6) is 0 Å². The van der Waals surface area contributed by atoms with E-state index in [0.29, 0.717) is 0 Å². The zero-order valence-corrected chi connectivity index (χ0v) is 12.7. The van der Waals surface area contributed by atoms with Gasteiger partial charge in [0, 0.05) is 29.0 Å². The van der Waals surface area contributed by atoms with E-state index >= 15 is 0 Å². The number of benzene rings is 1. The van der Waals surface area contributed by atoms with Crippen LogP contribution >= 0.6 is 15.9 Å². The Morgan fingerprint density at radius 3 is 2.90 bits per heavy atom. The zero-order chi connectivity index (χ0) is 14.2. The number of halogens is 1. The van der Waals surface area contributed by atoms with E-state index in [2.05, 4.69) is 31.2 Å². The Bertz CT molecular complexity index is 797. The summed E-state index contributed by atoms with van der Waals surface area (Å²) in [6, 6.07) is 8.05. The van der Waals surface area contributed by atoms with Crippen LogP contribution in [0.2, 0.25) is 0 Å². The van der Waals surface area contributed by atoms with Crippen LogP contribution in [0.4, 0.5) is 5.82 Å². The average molecular weight is 342 g/mol. The van der Waals surface area contributed by atoms with E-state index < -0.39 is 0 Å². The highest BCUT2D eigenvalue weighted by atomic mass is 79.9. The first-order valence-corrected chi connectivity index (χ1v) is 7.51. The molecule has 0 aliphatic carbocycles. The number of rotatable bonds is 2. The molecule has 2 aromatic heterocycles. The van der Waals surface area contributed by atoms with Gasteiger partial charge in [-0.25, -0.2) is 4.68 Å². The summed E-state index contributed by atoms with van der Waals surface area (Å²) >= 11 is 3.59. The molecule has 1 N–H and O–H groups in total. The highest BCUT2D eigenvalue weighted by Crippen LogP contribution is 2.35. The maximum Gasteiger partial charge on any atom is 0.133 e. The van der Waals surface area contributed by atoms with Crippen LogP contribution in [0.3, 0.4) is 0 Å². The number of para-hydroxylation sites is 1.